The Labute approximate surface area is 168 Å². The molecule has 0 atom stereocenters. The highest BCUT2D eigenvalue weighted by Gasteiger charge is 2.22. The van der Waals surface area contributed by atoms with Crippen LogP contribution in [0.3, 0.4) is 0 Å². The molecule has 0 aromatic heterocycles. The predicted molar refractivity (Wildman–Crippen MR) is 110 cm³/mol. The Morgan fingerprint density at radius 3 is 2.21 bits per heavy atom. The monoisotopic (exact) mass is 394 g/mol. The van der Waals surface area contributed by atoms with Gasteiger partial charge in [0, 0.05) is 11.1 Å². The van der Waals surface area contributed by atoms with Crippen LogP contribution in [0, 0.1) is 17.5 Å². The smallest absolute Gasteiger partial charge is 0.201 e. The maximum atomic E-state index is 15.2. The number of hydrogen-bond acceptors (Lipinski definition) is 1. The minimum Gasteiger partial charge on any atom is -0.494 e. The molecular weight excluding hydrogens is 373 g/mol. The Morgan fingerprint density at radius 1 is 0.828 bits per heavy atom. The summed E-state index contributed by atoms with van der Waals surface area (Å²) in [5.74, 6) is -2.92. The van der Waals surface area contributed by atoms with Gasteiger partial charge in [-0.3, -0.25) is 0 Å². The second-order valence-corrected chi connectivity index (χ2v) is 7.17. The van der Waals surface area contributed by atoms with E-state index in [-0.39, 0.29) is 16.9 Å². The van der Waals surface area contributed by atoms with Gasteiger partial charge in [-0.25, -0.2) is 8.78 Å². The molecular formula is C25H21F3O. The summed E-state index contributed by atoms with van der Waals surface area (Å²) in [4.78, 5) is 0. The van der Waals surface area contributed by atoms with Crippen molar-refractivity contribution in [1.82, 2.24) is 0 Å². The first-order valence-corrected chi connectivity index (χ1v) is 9.64. The molecule has 0 heterocycles. The Hall–Kier alpha value is -3.01. The fourth-order valence-corrected chi connectivity index (χ4v) is 3.83. The second kappa shape index (κ2) is 7.78. The zero-order valence-corrected chi connectivity index (χ0v) is 16.4. The minimum atomic E-state index is -1.11. The molecule has 0 amide bonds. The van der Waals surface area contributed by atoms with Crippen LogP contribution in [0.5, 0.6) is 5.75 Å². The summed E-state index contributed by atoms with van der Waals surface area (Å²) < 4.78 is 48.5. The molecule has 0 spiro atoms. The van der Waals surface area contributed by atoms with E-state index in [4.69, 9.17) is 4.74 Å². The van der Waals surface area contributed by atoms with Gasteiger partial charge in [-0.2, -0.15) is 4.39 Å². The molecule has 4 heteroatoms. The summed E-state index contributed by atoms with van der Waals surface area (Å²) in [5, 5.41) is 0. The first-order valence-electron chi connectivity index (χ1n) is 9.64. The number of fused-ring (bicyclic) bond motifs is 1. The topological polar surface area (TPSA) is 9.23 Å². The molecule has 4 rings (SSSR count). The molecule has 148 valence electrons. The number of rotatable bonds is 4. The maximum absolute atomic E-state index is 15.2. The summed E-state index contributed by atoms with van der Waals surface area (Å²) in [6, 6.07) is 14.4. The Balaban J connectivity index is 1.69. The van der Waals surface area contributed by atoms with Crippen molar-refractivity contribution in [2.24, 2.45) is 0 Å². The van der Waals surface area contributed by atoms with E-state index in [0.717, 1.165) is 23.1 Å². The van der Waals surface area contributed by atoms with Crippen molar-refractivity contribution >= 4 is 5.57 Å². The lowest BCUT2D eigenvalue weighted by molar-refractivity contribution is 0.372. The number of benzene rings is 3. The maximum Gasteiger partial charge on any atom is 0.201 e. The quantitative estimate of drug-likeness (QED) is 0.489. The Morgan fingerprint density at radius 2 is 1.52 bits per heavy atom. The van der Waals surface area contributed by atoms with Crippen molar-refractivity contribution < 1.29 is 17.9 Å². The summed E-state index contributed by atoms with van der Waals surface area (Å²) in [6.07, 6.45) is 4.03. The largest absolute Gasteiger partial charge is 0.494 e. The molecule has 0 saturated heterocycles. The van der Waals surface area contributed by atoms with Gasteiger partial charge in [0.05, 0.1) is 7.11 Å². The van der Waals surface area contributed by atoms with Crippen molar-refractivity contribution in [2.45, 2.75) is 26.2 Å². The van der Waals surface area contributed by atoms with E-state index < -0.39 is 17.5 Å². The highest BCUT2D eigenvalue weighted by molar-refractivity contribution is 5.74. The van der Waals surface area contributed by atoms with Gasteiger partial charge in [-0.1, -0.05) is 49.4 Å². The van der Waals surface area contributed by atoms with Gasteiger partial charge in [0.15, 0.2) is 11.6 Å². The van der Waals surface area contributed by atoms with E-state index in [9.17, 15) is 8.78 Å². The van der Waals surface area contributed by atoms with Crippen LogP contribution >= 0.6 is 0 Å². The van der Waals surface area contributed by atoms with Crippen LogP contribution < -0.4 is 4.74 Å². The van der Waals surface area contributed by atoms with Crippen molar-refractivity contribution in [3.63, 3.8) is 0 Å². The molecule has 0 saturated carbocycles. The van der Waals surface area contributed by atoms with Crippen molar-refractivity contribution in [1.29, 1.82) is 0 Å². The Kier molecular flexibility index (Phi) is 5.18. The van der Waals surface area contributed by atoms with Crippen LogP contribution in [0.4, 0.5) is 13.2 Å². The van der Waals surface area contributed by atoms with Gasteiger partial charge < -0.3 is 4.74 Å². The number of aryl methyl sites for hydroxylation is 1. The molecule has 0 unspecified atom stereocenters. The normalized spacial score (nSPS) is 13.1. The predicted octanol–water partition coefficient (Wildman–Crippen LogP) is 6.52. The minimum absolute atomic E-state index is 0.0620. The average Bonchev–Trinajstić information content (AvgIpc) is 2.76. The molecule has 29 heavy (non-hydrogen) atoms. The van der Waals surface area contributed by atoms with Crippen molar-refractivity contribution in [2.75, 3.05) is 7.11 Å². The van der Waals surface area contributed by atoms with Gasteiger partial charge in [0.25, 0.3) is 0 Å². The molecule has 0 bridgehead atoms. The molecule has 0 radical (unpaired) electrons. The van der Waals surface area contributed by atoms with Crippen molar-refractivity contribution in [3.05, 3.63) is 94.3 Å². The van der Waals surface area contributed by atoms with Crippen LogP contribution in [0.2, 0.25) is 0 Å². The highest BCUT2D eigenvalue weighted by Crippen LogP contribution is 2.36. The first-order chi connectivity index (χ1) is 14.0. The zero-order chi connectivity index (χ0) is 20.5. The second-order valence-electron chi connectivity index (χ2n) is 7.17. The average molecular weight is 394 g/mol. The number of hydrogen-bond donors (Lipinski definition) is 0. The SMILES string of the molecule is CCc1ccc(C2=CCc3c(ccc(-c4ccc(OC)c(F)c4F)c3F)C2)cc1. The lowest BCUT2D eigenvalue weighted by Crippen LogP contribution is -2.07. The molecule has 1 aliphatic carbocycles. The van der Waals surface area contributed by atoms with Crippen LogP contribution in [0.1, 0.15) is 29.2 Å². The van der Waals surface area contributed by atoms with Crippen LogP contribution in [0.15, 0.2) is 54.6 Å². The van der Waals surface area contributed by atoms with Gasteiger partial charge in [-0.15, -0.1) is 0 Å². The number of ether oxygens (including phenoxy) is 1. The number of halogens is 3. The first kappa shape index (κ1) is 19.3. The van der Waals surface area contributed by atoms with E-state index in [1.54, 1.807) is 0 Å². The van der Waals surface area contributed by atoms with Crippen LogP contribution in [-0.2, 0) is 19.3 Å². The van der Waals surface area contributed by atoms with E-state index in [1.807, 2.05) is 12.1 Å². The molecule has 0 N–H and O–H groups in total. The van der Waals surface area contributed by atoms with Gasteiger partial charge >= 0.3 is 0 Å². The van der Waals surface area contributed by atoms with Crippen LogP contribution in [-0.4, -0.2) is 7.11 Å². The summed E-state index contributed by atoms with van der Waals surface area (Å²) in [7, 11) is 1.26. The molecule has 0 aliphatic heterocycles. The zero-order valence-electron chi connectivity index (χ0n) is 16.4. The third-order valence-corrected chi connectivity index (χ3v) is 5.56. The molecule has 3 aromatic rings. The van der Waals surface area contributed by atoms with E-state index >= 15 is 4.39 Å². The van der Waals surface area contributed by atoms with Crippen LogP contribution in [0.25, 0.3) is 16.7 Å². The molecule has 3 aromatic carbocycles. The van der Waals surface area contributed by atoms with Gasteiger partial charge in [-0.05, 0) is 59.2 Å². The lowest BCUT2D eigenvalue weighted by atomic mass is 9.85. The fourth-order valence-electron chi connectivity index (χ4n) is 3.83. The van der Waals surface area contributed by atoms with E-state index in [1.165, 1.54) is 30.9 Å². The Bertz CT molecular complexity index is 1100. The highest BCUT2D eigenvalue weighted by atomic mass is 19.2. The third kappa shape index (κ3) is 3.44. The van der Waals surface area contributed by atoms with Crippen molar-refractivity contribution in [3.8, 4) is 16.9 Å². The molecule has 1 aliphatic rings. The lowest BCUT2D eigenvalue weighted by Gasteiger charge is -2.20. The molecule has 1 nitrogen and oxygen atoms in total. The van der Waals surface area contributed by atoms with Gasteiger partial charge in [0.2, 0.25) is 5.82 Å². The third-order valence-electron chi connectivity index (χ3n) is 5.56. The molecule has 0 fully saturated rings. The van der Waals surface area contributed by atoms with E-state index in [2.05, 4.69) is 31.2 Å². The number of methoxy groups -OCH3 is 1. The summed E-state index contributed by atoms with van der Waals surface area (Å²) >= 11 is 0. The standard InChI is InChI=1S/C25H21F3O/c1-3-15-4-6-16(7-5-15)17-8-10-19-18(14-17)9-11-20(23(19)26)21-12-13-22(29-2)25(28)24(21)27/h4-9,11-13H,3,10,14H2,1-2H3. The number of allylic oxidation sites excluding steroid dienone is 2. The van der Waals surface area contributed by atoms with Gasteiger partial charge in [0.1, 0.15) is 5.82 Å². The van der Waals surface area contributed by atoms with E-state index in [0.29, 0.717) is 18.4 Å². The summed E-state index contributed by atoms with van der Waals surface area (Å²) in [5.41, 5.74) is 4.91. The summed E-state index contributed by atoms with van der Waals surface area (Å²) in [6.45, 7) is 2.11. The fraction of sp³-hybridized carbons (Fsp3) is 0.200.